The lowest BCUT2D eigenvalue weighted by atomic mass is 9.67. The molecule has 4 nitrogen and oxygen atoms in total. The predicted molar refractivity (Wildman–Crippen MR) is 78.5 cm³/mol. The maximum absolute atomic E-state index is 11.8. The molecule has 19 heavy (non-hydrogen) atoms. The highest BCUT2D eigenvalue weighted by atomic mass is 32.1. The highest BCUT2D eigenvalue weighted by Crippen LogP contribution is 2.43. The van der Waals surface area contributed by atoms with Crippen LogP contribution in [-0.4, -0.2) is 16.5 Å². The van der Waals surface area contributed by atoms with Gasteiger partial charge in [-0.1, -0.05) is 13.3 Å². The van der Waals surface area contributed by atoms with E-state index in [2.05, 4.69) is 22.2 Å². The molecule has 5 heteroatoms. The fraction of sp³-hybridized carbons (Fsp3) is 0.571. The molecule has 0 atom stereocenters. The monoisotopic (exact) mass is 277 g/mol. The summed E-state index contributed by atoms with van der Waals surface area (Å²) in [6.07, 6.45) is 5.23. The van der Waals surface area contributed by atoms with Crippen LogP contribution in [0.3, 0.4) is 0 Å². The van der Waals surface area contributed by atoms with Gasteiger partial charge in [0.1, 0.15) is 10.5 Å². The molecule has 1 fully saturated rings. The average molecular weight is 277 g/mol. The molecule has 2 aromatic heterocycles. The summed E-state index contributed by atoms with van der Waals surface area (Å²) in [7, 11) is 0. The van der Waals surface area contributed by atoms with E-state index in [-0.39, 0.29) is 5.56 Å². The van der Waals surface area contributed by atoms with Crippen LogP contribution in [0.1, 0.15) is 38.4 Å². The van der Waals surface area contributed by atoms with Crippen molar-refractivity contribution < 1.29 is 0 Å². The molecule has 3 rings (SSSR count). The van der Waals surface area contributed by atoms with Crippen molar-refractivity contribution in [1.29, 1.82) is 0 Å². The Morgan fingerprint density at radius 1 is 1.53 bits per heavy atom. The third-order valence-corrected chi connectivity index (χ3v) is 5.22. The van der Waals surface area contributed by atoms with Crippen LogP contribution in [0.25, 0.3) is 10.2 Å². The topological polar surface area (TPSA) is 57.8 Å². The average Bonchev–Trinajstić information content (AvgIpc) is 2.81. The lowest BCUT2D eigenvalue weighted by molar-refractivity contribution is 0.123. The molecule has 0 aromatic carbocycles. The van der Waals surface area contributed by atoms with Crippen molar-refractivity contribution in [2.24, 2.45) is 5.41 Å². The normalized spacial score (nSPS) is 17.5. The van der Waals surface area contributed by atoms with Crippen LogP contribution in [0.5, 0.6) is 0 Å². The van der Waals surface area contributed by atoms with Gasteiger partial charge in [0.05, 0.1) is 12.1 Å². The van der Waals surface area contributed by atoms with E-state index in [9.17, 15) is 4.79 Å². The van der Waals surface area contributed by atoms with Crippen molar-refractivity contribution in [3.8, 4) is 0 Å². The maximum atomic E-state index is 11.8. The smallest absolute Gasteiger partial charge is 0.268 e. The maximum Gasteiger partial charge on any atom is 0.268 e. The van der Waals surface area contributed by atoms with Crippen molar-refractivity contribution in [3.63, 3.8) is 0 Å². The number of hydrogen-bond acceptors (Lipinski definition) is 4. The van der Waals surface area contributed by atoms with Crippen LogP contribution in [0.2, 0.25) is 0 Å². The minimum absolute atomic E-state index is 0.0225. The van der Waals surface area contributed by atoms with Gasteiger partial charge in [-0.25, -0.2) is 4.98 Å². The molecule has 1 aliphatic carbocycles. The molecule has 0 bridgehead atoms. The largest absolute Gasteiger partial charge is 0.309 e. The van der Waals surface area contributed by atoms with Gasteiger partial charge in [-0.3, -0.25) is 4.79 Å². The molecule has 1 aliphatic rings. The van der Waals surface area contributed by atoms with Crippen molar-refractivity contribution in [2.45, 2.75) is 39.2 Å². The predicted octanol–water partition coefficient (Wildman–Crippen LogP) is 2.65. The lowest BCUT2D eigenvalue weighted by Crippen LogP contribution is -2.39. The number of nitrogens with zero attached hydrogens (tertiary/aromatic N) is 1. The fourth-order valence-corrected chi connectivity index (χ4v) is 3.51. The highest BCUT2D eigenvalue weighted by Gasteiger charge is 2.34. The molecule has 0 unspecified atom stereocenters. The van der Waals surface area contributed by atoms with E-state index in [4.69, 9.17) is 0 Å². The third kappa shape index (κ3) is 2.44. The SMILES string of the molecule is CCC1(CNCc2nc3ccsc3c(=O)[nH]2)CCC1. The Kier molecular flexibility index (Phi) is 3.41. The Morgan fingerprint density at radius 2 is 2.37 bits per heavy atom. The van der Waals surface area contributed by atoms with E-state index in [1.807, 2.05) is 11.4 Å². The first kappa shape index (κ1) is 12.8. The first-order valence-electron chi connectivity index (χ1n) is 6.90. The minimum atomic E-state index is -0.0225. The van der Waals surface area contributed by atoms with E-state index in [0.717, 1.165) is 17.9 Å². The van der Waals surface area contributed by atoms with Gasteiger partial charge in [-0.2, -0.15) is 0 Å². The summed E-state index contributed by atoms with van der Waals surface area (Å²) in [5.74, 6) is 0.737. The summed E-state index contributed by atoms with van der Waals surface area (Å²) in [6, 6.07) is 1.90. The number of fused-ring (bicyclic) bond motifs is 1. The van der Waals surface area contributed by atoms with E-state index in [1.54, 1.807) is 0 Å². The second-order valence-corrected chi connectivity index (χ2v) is 6.37. The van der Waals surface area contributed by atoms with Gasteiger partial charge in [0.2, 0.25) is 0 Å². The lowest BCUT2D eigenvalue weighted by Gasteiger charge is -2.41. The fourth-order valence-electron chi connectivity index (χ4n) is 2.78. The van der Waals surface area contributed by atoms with E-state index >= 15 is 0 Å². The molecule has 0 saturated heterocycles. The molecule has 2 heterocycles. The number of aromatic nitrogens is 2. The van der Waals surface area contributed by atoms with Crippen molar-refractivity contribution in [2.75, 3.05) is 6.54 Å². The second-order valence-electron chi connectivity index (χ2n) is 5.46. The third-order valence-electron chi connectivity index (χ3n) is 4.32. The van der Waals surface area contributed by atoms with Crippen LogP contribution in [-0.2, 0) is 6.54 Å². The van der Waals surface area contributed by atoms with Gasteiger partial charge >= 0.3 is 0 Å². The summed E-state index contributed by atoms with van der Waals surface area (Å²) < 4.78 is 0.716. The van der Waals surface area contributed by atoms with Crippen LogP contribution in [0.15, 0.2) is 16.2 Å². The number of rotatable bonds is 5. The summed E-state index contributed by atoms with van der Waals surface area (Å²) >= 11 is 1.44. The number of aromatic amines is 1. The summed E-state index contributed by atoms with van der Waals surface area (Å²) in [6.45, 7) is 3.93. The van der Waals surface area contributed by atoms with E-state index < -0.39 is 0 Å². The highest BCUT2D eigenvalue weighted by molar-refractivity contribution is 7.17. The molecule has 0 radical (unpaired) electrons. The Labute approximate surface area is 116 Å². The van der Waals surface area contributed by atoms with Gasteiger partial charge < -0.3 is 10.3 Å². The van der Waals surface area contributed by atoms with Gasteiger partial charge in [-0.15, -0.1) is 11.3 Å². The van der Waals surface area contributed by atoms with Gasteiger partial charge in [0.15, 0.2) is 0 Å². The first-order valence-corrected chi connectivity index (χ1v) is 7.77. The zero-order chi connectivity index (χ0) is 13.3. The number of H-pyrrole nitrogens is 1. The molecule has 102 valence electrons. The molecular weight excluding hydrogens is 258 g/mol. The number of thiophene rings is 1. The summed E-state index contributed by atoms with van der Waals surface area (Å²) in [5, 5.41) is 5.36. The van der Waals surface area contributed by atoms with E-state index in [1.165, 1.54) is 37.0 Å². The zero-order valence-electron chi connectivity index (χ0n) is 11.2. The van der Waals surface area contributed by atoms with Gasteiger partial charge in [0, 0.05) is 6.54 Å². The van der Waals surface area contributed by atoms with Crippen LogP contribution in [0, 0.1) is 5.41 Å². The quantitative estimate of drug-likeness (QED) is 0.883. The second kappa shape index (κ2) is 5.06. The van der Waals surface area contributed by atoms with E-state index in [0.29, 0.717) is 16.7 Å². The Hall–Kier alpha value is -1.20. The Balaban J connectivity index is 1.67. The Morgan fingerprint density at radius 3 is 3.05 bits per heavy atom. The number of hydrogen-bond donors (Lipinski definition) is 2. The van der Waals surface area contributed by atoms with Crippen molar-refractivity contribution >= 4 is 21.6 Å². The Bertz CT molecular complexity index is 621. The summed E-state index contributed by atoms with van der Waals surface area (Å²) in [4.78, 5) is 19.2. The molecule has 2 aromatic rings. The molecule has 0 aliphatic heterocycles. The first-order chi connectivity index (χ1) is 9.22. The van der Waals surface area contributed by atoms with Crippen molar-refractivity contribution in [1.82, 2.24) is 15.3 Å². The molecular formula is C14H19N3OS. The van der Waals surface area contributed by atoms with Crippen LogP contribution in [0.4, 0.5) is 0 Å². The zero-order valence-corrected chi connectivity index (χ0v) is 12.0. The minimum Gasteiger partial charge on any atom is -0.309 e. The standard InChI is InChI=1S/C14H19N3OS/c1-2-14(5-3-6-14)9-15-8-11-16-10-4-7-19-12(10)13(18)17-11/h4,7,15H,2-3,5-6,8-9H2,1H3,(H,16,17,18). The molecule has 0 spiro atoms. The summed E-state index contributed by atoms with van der Waals surface area (Å²) in [5.41, 5.74) is 1.28. The molecule has 2 N–H and O–H groups in total. The number of nitrogens with one attached hydrogen (secondary N) is 2. The molecule has 1 saturated carbocycles. The van der Waals surface area contributed by atoms with Gasteiger partial charge in [-0.05, 0) is 36.1 Å². The molecule has 0 amide bonds. The van der Waals surface area contributed by atoms with Gasteiger partial charge in [0.25, 0.3) is 5.56 Å². The van der Waals surface area contributed by atoms with Crippen molar-refractivity contribution in [3.05, 3.63) is 27.6 Å². The van der Waals surface area contributed by atoms with Crippen LogP contribution >= 0.6 is 11.3 Å². The van der Waals surface area contributed by atoms with Crippen LogP contribution < -0.4 is 10.9 Å².